The number of allylic oxidation sites excluding steroid dienone is 2. The second-order valence-corrected chi connectivity index (χ2v) is 5.39. The van der Waals surface area contributed by atoms with Gasteiger partial charge in [-0.05, 0) is 36.2 Å². The van der Waals surface area contributed by atoms with Crippen molar-refractivity contribution in [1.82, 2.24) is 0 Å². The van der Waals surface area contributed by atoms with Gasteiger partial charge < -0.3 is 4.74 Å². The summed E-state index contributed by atoms with van der Waals surface area (Å²) >= 11 is 0. The molecule has 0 amide bonds. The lowest BCUT2D eigenvalue weighted by molar-refractivity contribution is -0.144. The summed E-state index contributed by atoms with van der Waals surface area (Å²) in [6, 6.07) is 9.77. The van der Waals surface area contributed by atoms with Gasteiger partial charge in [0.1, 0.15) is 0 Å². The zero-order valence-electron chi connectivity index (χ0n) is 10.4. The minimum absolute atomic E-state index is 0.104. The van der Waals surface area contributed by atoms with Gasteiger partial charge in [-0.25, -0.2) is 0 Å². The first kappa shape index (κ1) is 11.5. The molecule has 0 N–H and O–H groups in total. The van der Waals surface area contributed by atoms with Crippen molar-refractivity contribution >= 4 is 5.97 Å². The summed E-state index contributed by atoms with van der Waals surface area (Å²) in [6.45, 7) is 0.594. The van der Waals surface area contributed by atoms with Gasteiger partial charge in [0, 0.05) is 0 Å². The van der Waals surface area contributed by atoms with Crippen LogP contribution in [0, 0.1) is 17.8 Å². The summed E-state index contributed by atoms with van der Waals surface area (Å²) in [5, 5.41) is 0. The molecule has 2 aliphatic rings. The van der Waals surface area contributed by atoms with E-state index in [2.05, 4.69) is 12.2 Å². The van der Waals surface area contributed by atoms with Crippen LogP contribution in [0.15, 0.2) is 42.5 Å². The molecule has 0 aromatic heterocycles. The van der Waals surface area contributed by atoms with Gasteiger partial charge >= 0.3 is 5.97 Å². The monoisotopic (exact) mass is 242 g/mol. The van der Waals surface area contributed by atoms with Gasteiger partial charge in [-0.3, -0.25) is 4.79 Å². The van der Waals surface area contributed by atoms with Gasteiger partial charge in [-0.2, -0.15) is 0 Å². The summed E-state index contributed by atoms with van der Waals surface area (Å²) in [7, 11) is 0. The Morgan fingerprint density at radius 1 is 1.17 bits per heavy atom. The highest BCUT2D eigenvalue weighted by molar-refractivity contribution is 5.72. The highest BCUT2D eigenvalue weighted by atomic mass is 16.5. The summed E-state index contributed by atoms with van der Waals surface area (Å²) in [5.74, 6) is 1.85. The Kier molecular flexibility index (Phi) is 3.18. The van der Waals surface area contributed by atoms with Crippen molar-refractivity contribution in [3.05, 3.63) is 48.0 Å². The van der Waals surface area contributed by atoms with Crippen molar-refractivity contribution in [3.8, 4) is 0 Å². The summed E-state index contributed by atoms with van der Waals surface area (Å²) in [4.78, 5) is 11.7. The second kappa shape index (κ2) is 4.97. The lowest BCUT2D eigenvalue weighted by atomic mass is 9.95. The van der Waals surface area contributed by atoms with E-state index >= 15 is 0 Å². The molecular weight excluding hydrogens is 224 g/mol. The molecule has 0 radical (unpaired) electrons. The third kappa shape index (κ3) is 2.47. The summed E-state index contributed by atoms with van der Waals surface area (Å²) in [5.41, 5.74) is 1.02. The van der Waals surface area contributed by atoms with Crippen LogP contribution in [0.5, 0.6) is 0 Å². The first-order valence-corrected chi connectivity index (χ1v) is 6.69. The van der Waals surface area contributed by atoms with Crippen molar-refractivity contribution in [2.75, 3.05) is 6.61 Å². The smallest absolute Gasteiger partial charge is 0.310 e. The number of esters is 1. The molecule has 18 heavy (non-hydrogen) atoms. The van der Waals surface area contributed by atoms with Gasteiger partial charge in [0.15, 0.2) is 0 Å². The average Bonchev–Trinajstić information content (AvgIpc) is 3.00. The minimum atomic E-state index is -0.104. The Bertz CT molecular complexity index is 449. The molecule has 1 aromatic carbocycles. The molecule has 0 spiro atoms. The third-order valence-corrected chi connectivity index (χ3v) is 4.07. The van der Waals surface area contributed by atoms with Gasteiger partial charge in [-0.15, -0.1) is 0 Å². The van der Waals surface area contributed by atoms with Gasteiger partial charge in [-0.1, -0.05) is 42.5 Å². The maximum Gasteiger partial charge on any atom is 0.310 e. The molecule has 2 bridgehead atoms. The van der Waals surface area contributed by atoms with E-state index in [0.717, 1.165) is 11.5 Å². The molecule has 94 valence electrons. The molecule has 3 unspecified atom stereocenters. The second-order valence-electron chi connectivity index (χ2n) is 5.39. The van der Waals surface area contributed by atoms with E-state index in [-0.39, 0.29) is 5.97 Å². The van der Waals surface area contributed by atoms with Crippen molar-refractivity contribution in [2.24, 2.45) is 17.8 Å². The Hall–Kier alpha value is -1.57. The standard InChI is InChI=1S/C16H18O2/c17-16(10-12-4-2-1-3-5-12)18-11-15-9-13-6-7-14(15)8-13/h1-7,13-15H,8-11H2. The van der Waals surface area contributed by atoms with Crippen LogP contribution in [0.25, 0.3) is 0 Å². The van der Waals surface area contributed by atoms with Crippen molar-refractivity contribution < 1.29 is 9.53 Å². The fourth-order valence-electron chi connectivity index (χ4n) is 3.10. The van der Waals surface area contributed by atoms with E-state index in [1.165, 1.54) is 12.8 Å². The maximum atomic E-state index is 11.7. The number of carbonyl (C=O) groups excluding carboxylic acids is 1. The van der Waals surface area contributed by atoms with Crippen LogP contribution in [-0.2, 0) is 16.0 Å². The molecule has 2 nitrogen and oxygen atoms in total. The lowest BCUT2D eigenvalue weighted by Crippen LogP contribution is -2.18. The van der Waals surface area contributed by atoms with Gasteiger partial charge in [0.05, 0.1) is 13.0 Å². The topological polar surface area (TPSA) is 26.3 Å². The highest BCUT2D eigenvalue weighted by Gasteiger charge is 2.36. The zero-order valence-corrected chi connectivity index (χ0v) is 10.4. The number of hydrogen-bond donors (Lipinski definition) is 0. The first-order valence-electron chi connectivity index (χ1n) is 6.69. The molecule has 0 saturated heterocycles. The number of carbonyl (C=O) groups is 1. The summed E-state index contributed by atoms with van der Waals surface area (Å²) < 4.78 is 5.41. The predicted molar refractivity (Wildman–Crippen MR) is 69.9 cm³/mol. The van der Waals surface area contributed by atoms with Crippen molar-refractivity contribution in [3.63, 3.8) is 0 Å². The number of hydrogen-bond acceptors (Lipinski definition) is 2. The van der Waals surface area contributed by atoms with E-state index < -0.39 is 0 Å². The maximum absolute atomic E-state index is 11.7. The average molecular weight is 242 g/mol. The number of benzene rings is 1. The van der Waals surface area contributed by atoms with Crippen molar-refractivity contribution in [1.29, 1.82) is 0 Å². The van der Waals surface area contributed by atoms with E-state index in [0.29, 0.717) is 24.9 Å². The van der Waals surface area contributed by atoms with Gasteiger partial charge in [0.25, 0.3) is 0 Å². The molecule has 3 rings (SSSR count). The summed E-state index contributed by atoms with van der Waals surface area (Å²) in [6.07, 6.45) is 7.45. The van der Waals surface area contributed by atoms with Gasteiger partial charge in [0.2, 0.25) is 0 Å². The lowest BCUT2D eigenvalue weighted by Gasteiger charge is -2.17. The molecule has 3 atom stereocenters. The highest BCUT2D eigenvalue weighted by Crippen LogP contribution is 2.43. The van der Waals surface area contributed by atoms with Crippen LogP contribution in [0.1, 0.15) is 18.4 Å². The molecule has 1 fully saturated rings. The van der Waals surface area contributed by atoms with Crippen LogP contribution in [-0.4, -0.2) is 12.6 Å². The SMILES string of the molecule is O=C(Cc1ccccc1)OCC1CC2C=CC1C2. The first-order chi connectivity index (χ1) is 8.81. The van der Waals surface area contributed by atoms with E-state index in [1.54, 1.807) is 0 Å². The fraction of sp³-hybridized carbons (Fsp3) is 0.438. The van der Waals surface area contributed by atoms with Crippen LogP contribution < -0.4 is 0 Å². The molecule has 0 heterocycles. The molecule has 1 aromatic rings. The number of fused-ring (bicyclic) bond motifs is 2. The van der Waals surface area contributed by atoms with E-state index in [9.17, 15) is 4.79 Å². The molecule has 0 aliphatic heterocycles. The van der Waals surface area contributed by atoms with Crippen LogP contribution in [0.3, 0.4) is 0 Å². The van der Waals surface area contributed by atoms with E-state index in [1.807, 2.05) is 30.3 Å². The predicted octanol–water partition coefficient (Wildman–Crippen LogP) is 2.98. The molecule has 2 aliphatic carbocycles. The third-order valence-electron chi connectivity index (χ3n) is 4.07. The largest absolute Gasteiger partial charge is 0.465 e. The normalized spacial score (nSPS) is 28.6. The fourth-order valence-corrected chi connectivity index (χ4v) is 3.10. The number of rotatable bonds is 4. The van der Waals surface area contributed by atoms with Crippen LogP contribution >= 0.6 is 0 Å². The van der Waals surface area contributed by atoms with E-state index in [4.69, 9.17) is 4.74 Å². The zero-order chi connectivity index (χ0) is 12.4. The Morgan fingerprint density at radius 2 is 2.00 bits per heavy atom. The Morgan fingerprint density at radius 3 is 2.67 bits per heavy atom. The molecular formula is C16H18O2. The Labute approximate surface area is 108 Å². The van der Waals surface area contributed by atoms with Crippen molar-refractivity contribution in [2.45, 2.75) is 19.3 Å². The minimum Gasteiger partial charge on any atom is -0.465 e. The molecule has 2 heteroatoms. The molecule has 1 saturated carbocycles. The Balaban J connectivity index is 1.46. The van der Waals surface area contributed by atoms with Crippen LogP contribution in [0.2, 0.25) is 0 Å². The number of ether oxygens (including phenoxy) is 1. The van der Waals surface area contributed by atoms with Crippen LogP contribution in [0.4, 0.5) is 0 Å². The quantitative estimate of drug-likeness (QED) is 0.599.